The predicted octanol–water partition coefficient (Wildman–Crippen LogP) is 2.82. The molecule has 5 rings (SSSR count). The van der Waals surface area contributed by atoms with Gasteiger partial charge >= 0.3 is 0 Å². The second-order valence-electron chi connectivity index (χ2n) is 7.73. The molecule has 4 bridgehead atoms. The van der Waals surface area contributed by atoms with Gasteiger partial charge in [0.05, 0.1) is 17.4 Å². The maximum absolute atomic E-state index is 5.75. The number of rotatable bonds is 3. The molecule has 20 heavy (non-hydrogen) atoms. The minimum Gasteiger partial charge on any atom is -0.325 e. The zero-order valence-electron chi connectivity index (χ0n) is 12.7. The molecule has 4 aliphatic rings. The van der Waals surface area contributed by atoms with Crippen molar-refractivity contribution in [3.8, 4) is 0 Å². The molecular weight excluding hydrogens is 248 g/mol. The van der Waals surface area contributed by atoms with E-state index in [1.54, 1.807) is 0 Å². The molecule has 0 radical (unpaired) electrons. The van der Waals surface area contributed by atoms with E-state index in [0.29, 0.717) is 18.0 Å². The summed E-state index contributed by atoms with van der Waals surface area (Å²) in [5, 5.41) is 8.70. The van der Waals surface area contributed by atoms with E-state index in [1.165, 1.54) is 44.2 Å². The van der Waals surface area contributed by atoms with E-state index >= 15 is 0 Å². The van der Waals surface area contributed by atoms with E-state index in [4.69, 9.17) is 5.73 Å². The Morgan fingerprint density at radius 1 is 1.20 bits per heavy atom. The van der Waals surface area contributed by atoms with E-state index in [0.717, 1.165) is 23.4 Å². The van der Waals surface area contributed by atoms with Crippen molar-refractivity contribution < 1.29 is 0 Å². The highest BCUT2D eigenvalue weighted by atomic mass is 15.4. The predicted molar refractivity (Wildman–Crippen MR) is 78.0 cm³/mol. The van der Waals surface area contributed by atoms with Gasteiger partial charge in [-0.15, -0.1) is 5.10 Å². The van der Waals surface area contributed by atoms with Gasteiger partial charge in [0, 0.05) is 6.54 Å². The van der Waals surface area contributed by atoms with Crippen LogP contribution in [0.2, 0.25) is 0 Å². The van der Waals surface area contributed by atoms with Gasteiger partial charge in [0.25, 0.3) is 0 Å². The van der Waals surface area contributed by atoms with Gasteiger partial charge in [-0.05, 0) is 75.5 Å². The number of hydrogen-bond donors (Lipinski definition) is 1. The van der Waals surface area contributed by atoms with Gasteiger partial charge in [0.15, 0.2) is 0 Å². The maximum atomic E-state index is 5.75. The molecular formula is C16H26N4. The van der Waals surface area contributed by atoms with Crippen LogP contribution in [-0.4, -0.2) is 15.0 Å². The number of aromatic nitrogens is 3. The second kappa shape index (κ2) is 4.30. The molecule has 0 spiro atoms. The Morgan fingerprint density at radius 2 is 1.75 bits per heavy atom. The van der Waals surface area contributed by atoms with Crippen LogP contribution in [0.1, 0.15) is 62.9 Å². The van der Waals surface area contributed by atoms with E-state index in [9.17, 15) is 0 Å². The van der Waals surface area contributed by atoms with Crippen molar-refractivity contribution in [1.29, 1.82) is 0 Å². The molecule has 1 unspecified atom stereocenters. The van der Waals surface area contributed by atoms with Crippen LogP contribution in [0.25, 0.3) is 0 Å². The monoisotopic (exact) mass is 274 g/mol. The Labute approximate surface area is 121 Å². The lowest BCUT2D eigenvalue weighted by molar-refractivity contribution is -0.0816. The molecule has 0 saturated heterocycles. The fourth-order valence-corrected chi connectivity index (χ4v) is 5.88. The summed E-state index contributed by atoms with van der Waals surface area (Å²) in [6.07, 6.45) is 8.73. The third kappa shape index (κ3) is 1.70. The summed E-state index contributed by atoms with van der Waals surface area (Å²) in [4.78, 5) is 0. The lowest BCUT2D eigenvalue weighted by Crippen LogP contribution is -2.49. The van der Waals surface area contributed by atoms with Crippen molar-refractivity contribution in [1.82, 2.24) is 15.0 Å². The van der Waals surface area contributed by atoms with Crippen molar-refractivity contribution >= 4 is 0 Å². The van der Waals surface area contributed by atoms with Gasteiger partial charge in [-0.1, -0.05) is 5.21 Å². The van der Waals surface area contributed by atoms with Crippen LogP contribution in [0, 0.1) is 30.1 Å². The van der Waals surface area contributed by atoms with Gasteiger partial charge in [0.2, 0.25) is 0 Å². The van der Waals surface area contributed by atoms with Crippen molar-refractivity contribution in [3.63, 3.8) is 0 Å². The normalized spacial score (nSPS) is 40.2. The summed E-state index contributed by atoms with van der Waals surface area (Å²) in [7, 11) is 0. The lowest BCUT2D eigenvalue weighted by Gasteiger charge is -2.58. The zero-order valence-corrected chi connectivity index (χ0v) is 12.7. The first-order valence-electron chi connectivity index (χ1n) is 8.22. The standard InChI is InChI=1S/C16H26N4/c1-10-15(9-17)18-19-20(10)11(2)16-6-12-3-13(7-16)5-14(4-12)8-16/h11-14H,3-9,17H2,1-2H3. The number of nitrogens with two attached hydrogens (primary N) is 1. The molecule has 4 fully saturated rings. The van der Waals surface area contributed by atoms with Gasteiger partial charge < -0.3 is 5.73 Å². The van der Waals surface area contributed by atoms with Crippen LogP contribution < -0.4 is 5.73 Å². The molecule has 0 amide bonds. The fourth-order valence-electron chi connectivity index (χ4n) is 5.88. The van der Waals surface area contributed by atoms with Gasteiger partial charge in [-0.2, -0.15) is 0 Å². The first-order chi connectivity index (χ1) is 9.61. The molecule has 4 nitrogen and oxygen atoms in total. The summed E-state index contributed by atoms with van der Waals surface area (Å²) in [5.74, 6) is 2.96. The highest BCUT2D eigenvalue weighted by Gasteiger charge is 2.53. The molecule has 1 heterocycles. The van der Waals surface area contributed by atoms with Crippen LogP contribution in [-0.2, 0) is 6.54 Å². The van der Waals surface area contributed by atoms with Gasteiger partial charge in [0.1, 0.15) is 0 Å². The molecule has 1 atom stereocenters. The first kappa shape index (κ1) is 12.8. The average Bonchev–Trinajstić information content (AvgIpc) is 2.77. The number of nitrogens with zero attached hydrogens (tertiary/aromatic N) is 3. The fraction of sp³-hybridized carbons (Fsp3) is 0.875. The lowest BCUT2D eigenvalue weighted by atomic mass is 9.48. The molecule has 110 valence electrons. The average molecular weight is 274 g/mol. The van der Waals surface area contributed by atoms with Crippen LogP contribution in [0.4, 0.5) is 0 Å². The Bertz CT molecular complexity index is 483. The summed E-state index contributed by atoms with van der Waals surface area (Å²) in [6, 6.07) is 0.476. The van der Waals surface area contributed by atoms with Crippen LogP contribution in [0.3, 0.4) is 0 Å². The quantitative estimate of drug-likeness (QED) is 0.922. The highest BCUT2D eigenvalue weighted by Crippen LogP contribution is 2.63. The number of hydrogen-bond acceptors (Lipinski definition) is 3. The highest BCUT2D eigenvalue weighted by molar-refractivity contribution is 5.11. The van der Waals surface area contributed by atoms with Gasteiger partial charge in [-0.3, -0.25) is 0 Å². The van der Waals surface area contributed by atoms with E-state index < -0.39 is 0 Å². The molecule has 2 N–H and O–H groups in total. The van der Waals surface area contributed by atoms with Gasteiger partial charge in [-0.25, -0.2) is 4.68 Å². The van der Waals surface area contributed by atoms with Crippen molar-refractivity contribution in [2.24, 2.45) is 28.9 Å². The molecule has 0 aliphatic heterocycles. The molecule has 4 aliphatic carbocycles. The zero-order chi connectivity index (χ0) is 13.9. The van der Waals surface area contributed by atoms with Crippen LogP contribution in [0.15, 0.2) is 0 Å². The van der Waals surface area contributed by atoms with Crippen LogP contribution >= 0.6 is 0 Å². The van der Waals surface area contributed by atoms with E-state index in [1.807, 2.05) is 0 Å². The molecule has 0 aromatic carbocycles. The summed E-state index contributed by atoms with van der Waals surface area (Å²) in [6.45, 7) is 4.99. The Balaban J connectivity index is 1.67. The third-order valence-electron chi connectivity index (χ3n) is 6.56. The summed E-state index contributed by atoms with van der Waals surface area (Å²) in [5.41, 5.74) is 8.38. The van der Waals surface area contributed by atoms with Crippen LogP contribution in [0.5, 0.6) is 0 Å². The SMILES string of the molecule is Cc1c(CN)nnn1C(C)C12CC3CC(CC(C3)C1)C2. The molecule has 4 saturated carbocycles. The maximum Gasteiger partial charge on any atom is 0.0991 e. The summed E-state index contributed by atoms with van der Waals surface area (Å²) < 4.78 is 2.18. The van der Waals surface area contributed by atoms with E-state index in [2.05, 4.69) is 28.8 Å². The largest absolute Gasteiger partial charge is 0.325 e. The third-order valence-corrected chi connectivity index (χ3v) is 6.56. The van der Waals surface area contributed by atoms with Crippen molar-refractivity contribution in [2.45, 2.75) is 65.0 Å². The molecule has 1 aromatic rings. The summed E-state index contributed by atoms with van der Waals surface area (Å²) >= 11 is 0. The minimum atomic E-state index is 0.476. The first-order valence-corrected chi connectivity index (χ1v) is 8.22. The second-order valence-corrected chi connectivity index (χ2v) is 7.73. The van der Waals surface area contributed by atoms with Crippen molar-refractivity contribution in [3.05, 3.63) is 11.4 Å². The topological polar surface area (TPSA) is 56.7 Å². The van der Waals surface area contributed by atoms with Crippen molar-refractivity contribution in [2.75, 3.05) is 0 Å². The minimum absolute atomic E-state index is 0.476. The molecule has 4 heteroatoms. The smallest absolute Gasteiger partial charge is 0.0991 e. The Kier molecular flexibility index (Phi) is 2.75. The Hall–Kier alpha value is -0.900. The molecule has 1 aromatic heterocycles. The Morgan fingerprint density at radius 3 is 2.20 bits per heavy atom. The van der Waals surface area contributed by atoms with E-state index in [-0.39, 0.29) is 0 Å².